The molecule has 3 aromatic rings. The molecule has 3 amide bonds. The van der Waals surface area contributed by atoms with E-state index in [0.717, 1.165) is 23.1 Å². The summed E-state index contributed by atoms with van der Waals surface area (Å²) in [6.45, 7) is -0.142. The third kappa shape index (κ3) is 5.34. The maximum absolute atomic E-state index is 13.9. The second-order valence-corrected chi connectivity index (χ2v) is 7.90. The topological polar surface area (TPSA) is 100 Å². The van der Waals surface area contributed by atoms with Crippen molar-refractivity contribution in [3.8, 4) is 11.1 Å². The molecule has 4 rings (SSSR count). The van der Waals surface area contributed by atoms with Crippen molar-refractivity contribution < 1.29 is 31.9 Å². The van der Waals surface area contributed by atoms with Crippen LogP contribution < -0.4 is 5.32 Å². The predicted octanol–water partition coefficient (Wildman–Crippen LogP) is 2.65. The number of amides is 3. The number of hydrogen-bond acceptors (Lipinski definition) is 5. The molecule has 0 atom stereocenters. The van der Waals surface area contributed by atoms with Gasteiger partial charge in [0.15, 0.2) is 0 Å². The molecule has 13 heteroatoms. The van der Waals surface area contributed by atoms with Crippen LogP contribution in [0, 0.1) is 5.82 Å². The van der Waals surface area contributed by atoms with Gasteiger partial charge in [0.05, 0.1) is 23.9 Å². The van der Waals surface area contributed by atoms with Gasteiger partial charge in [-0.25, -0.2) is 9.18 Å². The first-order valence-electron chi connectivity index (χ1n) is 10.8. The summed E-state index contributed by atoms with van der Waals surface area (Å²) in [6, 6.07) is 6.06. The van der Waals surface area contributed by atoms with E-state index in [9.17, 15) is 31.9 Å². The highest BCUT2D eigenvalue weighted by atomic mass is 19.4. The zero-order valence-electron chi connectivity index (χ0n) is 18.7. The molecule has 1 saturated heterocycles. The van der Waals surface area contributed by atoms with Crippen LogP contribution in [0.15, 0.2) is 55.1 Å². The molecule has 0 unspecified atom stereocenters. The van der Waals surface area contributed by atoms with Crippen LogP contribution in [0.4, 0.5) is 22.4 Å². The summed E-state index contributed by atoms with van der Waals surface area (Å²) in [5.41, 5.74) is -0.960. The van der Waals surface area contributed by atoms with Gasteiger partial charge in [0.2, 0.25) is 5.91 Å². The first-order valence-corrected chi connectivity index (χ1v) is 10.8. The Hall–Kier alpha value is -4.29. The van der Waals surface area contributed by atoms with E-state index in [-0.39, 0.29) is 38.3 Å². The van der Waals surface area contributed by atoms with Gasteiger partial charge in [-0.3, -0.25) is 14.6 Å². The van der Waals surface area contributed by atoms with Gasteiger partial charge in [0, 0.05) is 55.9 Å². The zero-order chi connectivity index (χ0) is 25.9. The number of carbonyl (C=O) groups is 3. The van der Waals surface area contributed by atoms with Crippen LogP contribution >= 0.6 is 0 Å². The van der Waals surface area contributed by atoms with Crippen LogP contribution in [-0.4, -0.2) is 75.1 Å². The lowest BCUT2D eigenvalue weighted by atomic mass is 10.1. The SMILES string of the molecule is O=C(CNC(=O)n1cc(-c2ccccc2F)cn1)N1CCN(C(=O)c2cnccc2C(F)(F)F)CC1. The summed E-state index contributed by atoms with van der Waals surface area (Å²) in [5, 5.41) is 6.31. The molecule has 3 heterocycles. The predicted molar refractivity (Wildman–Crippen MR) is 118 cm³/mol. The molecule has 1 aliphatic heterocycles. The van der Waals surface area contributed by atoms with Gasteiger partial charge in [-0.2, -0.15) is 23.0 Å². The number of nitrogens with zero attached hydrogens (tertiary/aromatic N) is 5. The van der Waals surface area contributed by atoms with Crippen molar-refractivity contribution in [2.24, 2.45) is 0 Å². The standard InChI is InChI=1S/C23H20F4N6O3/c24-19-4-2-1-3-16(19)15-11-30-33(14-15)22(36)29-13-20(34)31-7-9-32(10-8-31)21(35)17-12-28-6-5-18(17)23(25,26)27/h1-6,11-12,14H,7-10,13H2,(H,29,36). The molecule has 2 aromatic heterocycles. The number of nitrogens with one attached hydrogen (secondary N) is 1. The monoisotopic (exact) mass is 504 g/mol. The minimum Gasteiger partial charge on any atom is -0.338 e. The molecule has 36 heavy (non-hydrogen) atoms. The fraction of sp³-hybridized carbons (Fsp3) is 0.261. The Bertz CT molecular complexity index is 1280. The second kappa shape index (κ2) is 10.1. The first-order chi connectivity index (χ1) is 17.1. The lowest BCUT2D eigenvalue weighted by Gasteiger charge is -2.35. The molecule has 1 fully saturated rings. The van der Waals surface area contributed by atoms with E-state index in [4.69, 9.17) is 0 Å². The molecule has 0 bridgehead atoms. The maximum Gasteiger partial charge on any atom is 0.417 e. The highest BCUT2D eigenvalue weighted by Gasteiger charge is 2.37. The summed E-state index contributed by atoms with van der Waals surface area (Å²) in [6.07, 6.45) is -0.202. The quantitative estimate of drug-likeness (QED) is 0.551. The van der Waals surface area contributed by atoms with Gasteiger partial charge in [0.25, 0.3) is 5.91 Å². The number of hydrogen-bond donors (Lipinski definition) is 1. The fourth-order valence-corrected chi connectivity index (χ4v) is 3.75. The molecule has 0 aliphatic carbocycles. The Morgan fingerprint density at radius 3 is 2.36 bits per heavy atom. The van der Waals surface area contributed by atoms with Crippen LogP contribution in [0.5, 0.6) is 0 Å². The van der Waals surface area contributed by atoms with Crippen LogP contribution in [0.3, 0.4) is 0 Å². The van der Waals surface area contributed by atoms with Gasteiger partial charge in [-0.15, -0.1) is 0 Å². The first kappa shape index (κ1) is 24.8. The van der Waals surface area contributed by atoms with Crippen molar-refractivity contribution in [1.82, 2.24) is 29.9 Å². The van der Waals surface area contributed by atoms with Crippen molar-refractivity contribution in [3.05, 3.63) is 72.1 Å². The largest absolute Gasteiger partial charge is 0.417 e. The lowest BCUT2D eigenvalue weighted by molar-refractivity contribution is -0.138. The van der Waals surface area contributed by atoms with Crippen molar-refractivity contribution in [2.75, 3.05) is 32.7 Å². The molecule has 1 N–H and O–H groups in total. The van der Waals surface area contributed by atoms with Crippen molar-refractivity contribution in [2.45, 2.75) is 6.18 Å². The van der Waals surface area contributed by atoms with Crippen molar-refractivity contribution >= 4 is 17.8 Å². The van der Waals surface area contributed by atoms with E-state index < -0.39 is 41.0 Å². The molecular weight excluding hydrogens is 484 g/mol. The number of aromatic nitrogens is 3. The normalized spacial score (nSPS) is 14.0. The number of piperazine rings is 1. The molecule has 1 aliphatic rings. The minimum atomic E-state index is -4.70. The van der Waals surface area contributed by atoms with Gasteiger partial charge in [0.1, 0.15) is 5.82 Å². The summed E-state index contributed by atoms with van der Waals surface area (Å²) in [4.78, 5) is 43.7. The molecule has 1 aromatic carbocycles. The Morgan fingerprint density at radius 2 is 1.67 bits per heavy atom. The zero-order valence-corrected chi connectivity index (χ0v) is 18.7. The molecule has 188 valence electrons. The third-order valence-corrected chi connectivity index (χ3v) is 5.64. The smallest absolute Gasteiger partial charge is 0.338 e. The fourth-order valence-electron chi connectivity index (χ4n) is 3.75. The summed E-state index contributed by atoms with van der Waals surface area (Å²) in [7, 11) is 0. The molecule has 0 radical (unpaired) electrons. The number of halogens is 4. The molecule has 0 saturated carbocycles. The lowest BCUT2D eigenvalue weighted by Crippen LogP contribution is -2.53. The van der Waals surface area contributed by atoms with Gasteiger partial charge in [-0.1, -0.05) is 18.2 Å². The summed E-state index contributed by atoms with van der Waals surface area (Å²) < 4.78 is 54.5. The van der Waals surface area contributed by atoms with Gasteiger partial charge >= 0.3 is 12.2 Å². The highest BCUT2D eigenvalue weighted by molar-refractivity contribution is 5.96. The average Bonchev–Trinajstić information content (AvgIpc) is 3.37. The van der Waals surface area contributed by atoms with Gasteiger partial charge in [-0.05, 0) is 12.1 Å². The van der Waals surface area contributed by atoms with Gasteiger partial charge < -0.3 is 15.1 Å². The Morgan fingerprint density at radius 1 is 0.972 bits per heavy atom. The van der Waals surface area contributed by atoms with Crippen molar-refractivity contribution in [1.29, 1.82) is 0 Å². The molecule has 0 spiro atoms. The number of carbonyl (C=O) groups excluding carboxylic acids is 3. The highest BCUT2D eigenvalue weighted by Crippen LogP contribution is 2.32. The number of pyridine rings is 1. The Balaban J connectivity index is 1.30. The average molecular weight is 504 g/mol. The van der Waals surface area contributed by atoms with E-state index in [1.807, 2.05) is 0 Å². The van der Waals surface area contributed by atoms with Crippen molar-refractivity contribution in [3.63, 3.8) is 0 Å². The van der Waals surface area contributed by atoms with E-state index in [1.165, 1.54) is 34.3 Å². The van der Waals surface area contributed by atoms with Crippen LogP contribution in [-0.2, 0) is 11.0 Å². The Labute approximate surface area is 202 Å². The van der Waals surface area contributed by atoms with E-state index in [1.54, 1.807) is 12.1 Å². The summed E-state index contributed by atoms with van der Waals surface area (Å²) in [5.74, 6) is -1.72. The van der Waals surface area contributed by atoms with E-state index >= 15 is 0 Å². The number of alkyl halides is 3. The van der Waals surface area contributed by atoms with Crippen LogP contribution in [0.1, 0.15) is 15.9 Å². The Kier molecular flexibility index (Phi) is 6.99. The number of benzene rings is 1. The number of rotatable bonds is 4. The van der Waals surface area contributed by atoms with Crippen LogP contribution in [0.25, 0.3) is 11.1 Å². The minimum absolute atomic E-state index is 0.0237. The van der Waals surface area contributed by atoms with E-state index in [0.29, 0.717) is 5.56 Å². The molecule has 9 nitrogen and oxygen atoms in total. The third-order valence-electron chi connectivity index (χ3n) is 5.64. The maximum atomic E-state index is 13.9. The summed E-state index contributed by atoms with van der Waals surface area (Å²) >= 11 is 0. The van der Waals surface area contributed by atoms with E-state index in [2.05, 4.69) is 15.4 Å². The van der Waals surface area contributed by atoms with Crippen LogP contribution in [0.2, 0.25) is 0 Å². The second-order valence-electron chi connectivity index (χ2n) is 7.90. The molecular formula is C23H20F4N6O3.